The highest BCUT2D eigenvalue weighted by Crippen LogP contribution is 2.40. The fourth-order valence-electron chi connectivity index (χ4n) is 2.14. The van der Waals surface area contributed by atoms with Crippen molar-refractivity contribution in [3.63, 3.8) is 0 Å². The first-order valence-corrected chi connectivity index (χ1v) is 6.02. The molecule has 1 aliphatic heterocycles. The highest BCUT2D eigenvalue weighted by Gasteiger charge is 2.34. The van der Waals surface area contributed by atoms with Gasteiger partial charge < -0.3 is 15.2 Å². The molecule has 0 amide bonds. The van der Waals surface area contributed by atoms with Crippen LogP contribution < -0.4 is 15.2 Å². The topological polar surface area (TPSA) is 44.5 Å². The number of methoxy groups -OCH3 is 1. The van der Waals surface area contributed by atoms with E-state index in [9.17, 15) is 0 Å². The second kappa shape index (κ2) is 4.22. The Balaban J connectivity index is 2.34. The van der Waals surface area contributed by atoms with Gasteiger partial charge in [0.2, 0.25) is 0 Å². The van der Waals surface area contributed by atoms with E-state index in [2.05, 4.69) is 20.8 Å². The van der Waals surface area contributed by atoms with Gasteiger partial charge in [0, 0.05) is 24.1 Å². The number of hydrogen-bond donors (Lipinski definition) is 1. The molecule has 2 atom stereocenters. The van der Waals surface area contributed by atoms with E-state index in [-0.39, 0.29) is 17.6 Å². The Morgan fingerprint density at radius 1 is 1.35 bits per heavy atom. The van der Waals surface area contributed by atoms with Crippen LogP contribution >= 0.6 is 0 Å². The largest absolute Gasteiger partial charge is 0.497 e. The Bertz CT molecular complexity index is 409. The highest BCUT2D eigenvalue weighted by molar-refractivity contribution is 5.44. The molecule has 1 heterocycles. The van der Waals surface area contributed by atoms with Crippen molar-refractivity contribution in [2.45, 2.75) is 39.3 Å². The van der Waals surface area contributed by atoms with Gasteiger partial charge >= 0.3 is 0 Å². The summed E-state index contributed by atoms with van der Waals surface area (Å²) < 4.78 is 11.3. The summed E-state index contributed by atoms with van der Waals surface area (Å²) in [5, 5.41) is 0. The van der Waals surface area contributed by atoms with Gasteiger partial charge in [-0.25, -0.2) is 0 Å². The molecule has 0 fully saturated rings. The second-order valence-corrected chi connectivity index (χ2v) is 5.72. The van der Waals surface area contributed by atoms with E-state index in [1.165, 1.54) is 0 Å². The van der Waals surface area contributed by atoms with Crippen molar-refractivity contribution < 1.29 is 9.47 Å². The first-order chi connectivity index (χ1) is 7.91. The van der Waals surface area contributed by atoms with Crippen molar-refractivity contribution in [3.8, 4) is 11.5 Å². The fraction of sp³-hybridized carbons (Fsp3) is 0.571. The molecule has 2 N–H and O–H groups in total. The first-order valence-electron chi connectivity index (χ1n) is 6.02. The van der Waals surface area contributed by atoms with Crippen molar-refractivity contribution in [1.29, 1.82) is 0 Å². The van der Waals surface area contributed by atoms with Crippen LogP contribution in [0.1, 0.15) is 38.8 Å². The molecule has 1 aromatic rings. The monoisotopic (exact) mass is 235 g/mol. The number of fused-ring (bicyclic) bond motifs is 1. The molecular formula is C14H21NO2. The summed E-state index contributed by atoms with van der Waals surface area (Å²) in [5.74, 6) is 1.67. The second-order valence-electron chi connectivity index (χ2n) is 5.72. The molecular weight excluding hydrogens is 214 g/mol. The van der Waals surface area contributed by atoms with Crippen molar-refractivity contribution in [2.24, 2.45) is 11.1 Å². The van der Waals surface area contributed by atoms with Gasteiger partial charge in [0.25, 0.3) is 0 Å². The maximum Gasteiger partial charge on any atom is 0.128 e. The SMILES string of the molecule is COc1ccc2c(c1)OC(C(C)(C)C)C[C@H]2N. The van der Waals surface area contributed by atoms with Crippen molar-refractivity contribution in [2.75, 3.05) is 7.11 Å². The Labute approximate surface area is 103 Å². The Kier molecular flexibility index (Phi) is 3.04. The average molecular weight is 235 g/mol. The predicted molar refractivity (Wildman–Crippen MR) is 68.4 cm³/mol. The van der Waals surface area contributed by atoms with Crippen LogP contribution in [-0.4, -0.2) is 13.2 Å². The Morgan fingerprint density at radius 3 is 2.65 bits per heavy atom. The third kappa shape index (κ3) is 2.39. The number of nitrogens with two attached hydrogens (primary N) is 1. The van der Waals surface area contributed by atoms with Crippen LogP contribution in [0, 0.1) is 5.41 Å². The minimum absolute atomic E-state index is 0.0499. The van der Waals surface area contributed by atoms with E-state index in [0.717, 1.165) is 23.5 Å². The molecule has 0 radical (unpaired) electrons. The number of hydrogen-bond acceptors (Lipinski definition) is 3. The molecule has 94 valence electrons. The van der Waals surface area contributed by atoms with Gasteiger partial charge in [-0.3, -0.25) is 0 Å². The minimum atomic E-state index is 0.0499. The van der Waals surface area contributed by atoms with Crippen LogP contribution in [0.3, 0.4) is 0 Å². The van der Waals surface area contributed by atoms with Crippen LogP contribution in [-0.2, 0) is 0 Å². The third-order valence-electron chi connectivity index (χ3n) is 3.32. The molecule has 3 heteroatoms. The van der Waals surface area contributed by atoms with Gasteiger partial charge in [-0.05, 0) is 11.5 Å². The molecule has 0 aliphatic carbocycles. The summed E-state index contributed by atoms with van der Waals surface area (Å²) in [6.45, 7) is 6.53. The van der Waals surface area contributed by atoms with Crippen molar-refractivity contribution in [1.82, 2.24) is 0 Å². The first kappa shape index (κ1) is 12.2. The summed E-state index contributed by atoms with van der Waals surface area (Å²) in [7, 11) is 1.66. The molecule has 0 saturated heterocycles. The van der Waals surface area contributed by atoms with Crippen LogP contribution in [0.25, 0.3) is 0 Å². The van der Waals surface area contributed by atoms with Crippen LogP contribution in [0.2, 0.25) is 0 Å². The Hall–Kier alpha value is -1.22. The maximum atomic E-state index is 6.20. The zero-order valence-corrected chi connectivity index (χ0v) is 11.0. The van der Waals surface area contributed by atoms with Crippen LogP contribution in [0.4, 0.5) is 0 Å². The van der Waals surface area contributed by atoms with Gasteiger partial charge in [-0.2, -0.15) is 0 Å². The lowest BCUT2D eigenvalue weighted by Gasteiger charge is -2.38. The smallest absolute Gasteiger partial charge is 0.128 e. The fourth-order valence-corrected chi connectivity index (χ4v) is 2.14. The van der Waals surface area contributed by atoms with E-state index >= 15 is 0 Å². The van der Waals surface area contributed by atoms with Crippen LogP contribution in [0.15, 0.2) is 18.2 Å². The normalized spacial score (nSPS) is 23.8. The minimum Gasteiger partial charge on any atom is -0.497 e. The number of rotatable bonds is 1. The summed E-state index contributed by atoms with van der Waals surface area (Å²) in [6, 6.07) is 5.90. The third-order valence-corrected chi connectivity index (χ3v) is 3.32. The van der Waals surface area contributed by atoms with E-state index in [1.54, 1.807) is 7.11 Å². The molecule has 1 unspecified atom stereocenters. The summed E-state index contributed by atoms with van der Waals surface area (Å²) in [4.78, 5) is 0. The predicted octanol–water partition coefficient (Wildman–Crippen LogP) is 2.89. The standard InChI is InChI=1S/C14H21NO2/c1-14(2,3)13-8-11(15)10-6-5-9(16-4)7-12(10)17-13/h5-7,11,13H,8,15H2,1-4H3/t11-,13?/m1/s1. The quantitative estimate of drug-likeness (QED) is 0.814. The van der Waals surface area contributed by atoms with Gasteiger partial charge in [0.1, 0.15) is 17.6 Å². The van der Waals surface area contributed by atoms with E-state index in [1.807, 2.05) is 18.2 Å². The zero-order chi connectivity index (χ0) is 12.6. The molecule has 0 aromatic heterocycles. The van der Waals surface area contributed by atoms with Crippen molar-refractivity contribution >= 4 is 0 Å². The number of benzene rings is 1. The lowest BCUT2D eigenvalue weighted by atomic mass is 9.82. The Morgan fingerprint density at radius 2 is 2.06 bits per heavy atom. The molecule has 1 aromatic carbocycles. The molecule has 2 rings (SSSR count). The highest BCUT2D eigenvalue weighted by atomic mass is 16.5. The zero-order valence-electron chi connectivity index (χ0n) is 11.0. The summed E-state index contributed by atoms with van der Waals surface area (Å²) >= 11 is 0. The van der Waals surface area contributed by atoms with E-state index in [4.69, 9.17) is 15.2 Å². The molecule has 0 spiro atoms. The van der Waals surface area contributed by atoms with E-state index in [0.29, 0.717) is 0 Å². The summed E-state index contributed by atoms with van der Waals surface area (Å²) in [6.07, 6.45) is 1.01. The molecule has 3 nitrogen and oxygen atoms in total. The molecule has 17 heavy (non-hydrogen) atoms. The van der Waals surface area contributed by atoms with Crippen molar-refractivity contribution in [3.05, 3.63) is 23.8 Å². The lowest BCUT2D eigenvalue weighted by Crippen LogP contribution is -2.38. The van der Waals surface area contributed by atoms with Gasteiger partial charge in [-0.15, -0.1) is 0 Å². The van der Waals surface area contributed by atoms with Crippen LogP contribution in [0.5, 0.6) is 11.5 Å². The average Bonchev–Trinajstić information content (AvgIpc) is 2.27. The molecule has 0 saturated carbocycles. The molecule has 1 aliphatic rings. The summed E-state index contributed by atoms with van der Waals surface area (Å²) in [5.41, 5.74) is 7.38. The molecule has 0 bridgehead atoms. The maximum absolute atomic E-state index is 6.20. The van der Waals surface area contributed by atoms with Gasteiger partial charge in [0.15, 0.2) is 0 Å². The van der Waals surface area contributed by atoms with E-state index < -0.39 is 0 Å². The lowest BCUT2D eigenvalue weighted by molar-refractivity contribution is 0.0579. The van der Waals surface area contributed by atoms with Gasteiger partial charge in [0.05, 0.1) is 7.11 Å². The number of ether oxygens (including phenoxy) is 2. The van der Waals surface area contributed by atoms with Gasteiger partial charge in [-0.1, -0.05) is 26.8 Å².